The fourth-order valence-electron chi connectivity index (χ4n) is 4.08. The molecule has 1 atom stereocenters. The van der Waals surface area contributed by atoms with E-state index in [-0.39, 0.29) is 6.61 Å². The molecule has 2 aromatic heterocycles. The summed E-state index contributed by atoms with van der Waals surface area (Å²) in [4.78, 5) is 11.2. The van der Waals surface area contributed by atoms with Crippen LogP contribution in [0.25, 0.3) is 22.2 Å². The first-order valence-corrected chi connectivity index (χ1v) is 10.0. The predicted molar refractivity (Wildman–Crippen MR) is 114 cm³/mol. The Kier molecular flexibility index (Phi) is 5.94. The Morgan fingerprint density at radius 2 is 2.21 bits per heavy atom. The molecule has 8 nitrogen and oxygen atoms in total. The Bertz CT molecular complexity index is 973. The van der Waals surface area contributed by atoms with Gasteiger partial charge in [0.25, 0.3) is 0 Å². The molecule has 3 heterocycles. The monoisotopic (exact) mass is 396 g/mol. The molecular weight excluding hydrogens is 368 g/mol. The number of nitrogens with two attached hydrogens (primary N) is 1. The normalized spacial score (nSPS) is 17.2. The smallest absolute Gasteiger partial charge is 0.146 e. The average Bonchev–Trinajstić information content (AvgIpc) is 3.37. The Hall–Kier alpha value is -2.68. The number of nitrogens with one attached hydrogen (secondary N) is 1. The second-order valence-corrected chi connectivity index (χ2v) is 7.36. The van der Waals surface area contributed by atoms with Gasteiger partial charge in [-0.3, -0.25) is 4.90 Å². The zero-order valence-electron chi connectivity index (χ0n) is 16.7. The first-order chi connectivity index (χ1) is 14.2. The average molecular weight is 396 g/mol. The highest BCUT2D eigenvalue weighted by atomic mass is 16.5. The van der Waals surface area contributed by atoms with Gasteiger partial charge in [-0.1, -0.05) is 12.1 Å². The quantitative estimate of drug-likeness (QED) is 0.496. The lowest BCUT2D eigenvalue weighted by molar-refractivity contribution is 0.280. The van der Waals surface area contributed by atoms with Crippen LogP contribution >= 0.6 is 0 Å². The molecule has 4 rings (SSSR count). The second kappa shape index (κ2) is 8.77. The Balaban J connectivity index is 1.63. The molecule has 1 aromatic carbocycles. The number of fused-ring (bicyclic) bond motifs is 1. The number of likely N-dealkylation sites (tertiary alicyclic amines) is 1. The zero-order valence-corrected chi connectivity index (χ0v) is 16.7. The van der Waals surface area contributed by atoms with Crippen LogP contribution in [-0.2, 0) is 0 Å². The molecule has 1 unspecified atom stereocenters. The van der Waals surface area contributed by atoms with Crippen molar-refractivity contribution in [3.8, 4) is 16.9 Å². The summed E-state index contributed by atoms with van der Waals surface area (Å²) in [5.41, 5.74) is 9.21. The Morgan fingerprint density at radius 3 is 3.03 bits per heavy atom. The van der Waals surface area contributed by atoms with Gasteiger partial charge in [0.15, 0.2) is 0 Å². The van der Waals surface area contributed by atoms with E-state index in [0.717, 1.165) is 60.5 Å². The number of hydrogen-bond acceptors (Lipinski definition) is 7. The summed E-state index contributed by atoms with van der Waals surface area (Å²) in [5, 5.41) is 13.0. The minimum atomic E-state index is 0.173. The van der Waals surface area contributed by atoms with E-state index in [1.165, 1.54) is 6.33 Å². The van der Waals surface area contributed by atoms with Crippen molar-refractivity contribution in [1.82, 2.24) is 24.8 Å². The molecule has 154 valence electrons. The Labute approximate surface area is 170 Å². The predicted octanol–water partition coefficient (Wildman–Crippen LogP) is 1.52. The molecule has 0 bridgehead atoms. The third-order valence-electron chi connectivity index (χ3n) is 5.55. The van der Waals surface area contributed by atoms with Gasteiger partial charge in [-0.25, -0.2) is 9.97 Å². The van der Waals surface area contributed by atoms with E-state index in [1.54, 1.807) is 7.11 Å². The molecule has 1 fully saturated rings. The van der Waals surface area contributed by atoms with Crippen molar-refractivity contribution < 1.29 is 9.84 Å². The third kappa shape index (κ3) is 4.05. The van der Waals surface area contributed by atoms with Gasteiger partial charge in [0.05, 0.1) is 19.1 Å². The van der Waals surface area contributed by atoms with E-state index >= 15 is 0 Å². The number of methoxy groups -OCH3 is 1. The summed E-state index contributed by atoms with van der Waals surface area (Å²) in [6, 6.07) is 8.32. The molecule has 0 radical (unpaired) electrons. The summed E-state index contributed by atoms with van der Waals surface area (Å²) < 4.78 is 7.65. The van der Waals surface area contributed by atoms with Crippen LogP contribution in [-0.4, -0.2) is 71.0 Å². The highest BCUT2D eigenvalue weighted by molar-refractivity contribution is 6.00. The van der Waals surface area contributed by atoms with Gasteiger partial charge in [-0.2, -0.15) is 0 Å². The van der Waals surface area contributed by atoms with Gasteiger partial charge in [0, 0.05) is 50.5 Å². The van der Waals surface area contributed by atoms with E-state index in [9.17, 15) is 0 Å². The minimum absolute atomic E-state index is 0.173. The molecule has 1 aliphatic heterocycles. The summed E-state index contributed by atoms with van der Waals surface area (Å²) in [6.07, 6.45) is 4.75. The molecule has 4 N–H and O–H groups in total. The van der Waals surface area contributed by atoms with Gasteiger partial charge < -0.3 is 25.5 Å². The van der Waals surface area contributed by atoms with Crippen molar-refractivity contribution in [2.45, 2.75) is 12.5 Å². The molecular formula is C21H28N6O2. The minimum Gasteiger partial charge on any atom is -0.497 e. The SMILES string of the molecule is COc1cccc(-c2cn(C3CCN(CCNCCO)C3)c3ncnc(N)c23)c1. The van der Waals surface area contributed by atoms with Crippen molar-refractivity contribution in [2.75, 3.05) is 52.2 Å². The summed E-state index contributed by atoms with van der Waals surface area (Å²) in [6.45, 7) is 4.66. The maximum atomic E-state index is 8.89. The maximum Gasteiger partial charge on any atom is 0.146 e. The van der Waals surface area contributed by atoms with Crippen LogP contribution in [0.4, 0.5) is 5.82 Å². The van der Waals surface area contributed by atoms with Gasteiger partial charge in [0.1, 0.15) is 23.5 Å². The molecule has 3 aromatic rings. The zero-order chi connectivity index (χ0) is 20.2. The van der Waals surface area contributed by atoms with E-state index in [4.69, 9.17) is 15.6 Å². The number of nitrogen functional groups attached to an aromatic ring is 1. The number of aromatic nitrogens is 3. The van der Waals surface area contributed by atoms with Gasteiger partial charge in [0.2, 0.25) is 0 Å². The number of rotatable bonds is 8. The molecule has 0 amide bonds. The summed E-state index contributed by atoms with van der Waals surface area (Å²) >= 11 is 0. The number of benzene rings is 1. The molecule has 0 saturated carbocycles. The first-order valence-electron chi connectivity index (χ1n) is 10.0. The molecule has 1 saturated heterocycles. The van der Waals surface area contributed by atoms with E-state index in [2.05, 4.69) is 37.0 Å². The van der Waals surface area contributed by atoms with Crippen LogP contribution in [0.2, 0.25) is 0 Å². The maximum absolute atomic E-state index is 8.89. The molecule has 0 spiro atoms. The van der Waals surface area contributed by atoms with Crippen molar-refractivity contribution in [3.63, 3.8) is 0 Å². The van der Waals surface area contributed by atoms with Crippen molar-refractivity contribution in [1.29, 1.82) is 0 Å². The van der Waals surface area contributed by atoms with Crippen LogP contribution < -0.4 is 15.8 Å². The third-order valence-corrected chi connectivity index (χ3v) is 5.55. The second-order valence-electron chi connectivity index (χ2n) is 7.36. The van der Waals surface area contributed by atoms with E-state index in [1.807, 2.05) is 18.2 Å². The van der Waals surface area contributed by atoms with E-state index in [0.29, 0.717) is 18.4 Å². The lowest BCUT2D eigenvalue weighted by Crippen LogP contribution is -2.32. The fourth-order valence-corrected chi connectivity index (χ4v) is 4.08. The lowest BCUT2D eigenvalue weighted by Gasteiger charge is -2.17. The number of hydrogen-bond donors (Lipinski definition) is 3. The number of anilines is 1. The number of nitrogens with zero attached hydrogens (tertiary/aromatic N) is 4. The molecule has 8 heteroatoms. The topological polar surface area (TPSA) is 101 Å². The molecule has 1 aliphatic rings. The van der Waals surface area contributed by atoms with Crippen molar-refractivity contribution in [2.24, 2.45) is 0 Å². The van der Waals surface area contributed by atoms with Crippen LogP contribution in [0, 0.1) is 0 Å². The Morgan fingerprint density at radius 1 is 1.31 bits per heavy atom. The standard InChI is InChI=1S/C21H28N6O2/c1-29-17-4-2-3-15(11-17)18-13-27(21-19(18)20(22)24-14-25-21)16-5-8-26(12-16)9-6-23-7-10-28/h2-4,11,13-14,16,23,28H,5-10,12H2,1H3,(H2,22,24,25). The van der Waals surface area contributed by atoms with Crippen LogP contribution in [0.15, 0.2) is 36.8 Å². The van der Waals surface area contributed by atoms with Crippen molar-refractivity contribution in [3.05, 3.63) is 36.8 Å². The van der Waals surface area contributed by atoms with Crippen LogP contribution in [0.3, 0.4) is 0 Å². The van der Waals surface area contributed by atoms with Gasteiger partial charge in [-0.05, 0) is 24.1 Å². The lowest BCUT2D eigenvalue weighted by atomic mass is 10.1. The van der Waals surface area contributed by atoms with Gasteiger partial charge in [-0.15, -0.1) is 0 Å². The summed E-state index contributed by atoms with van der Waals surface area (Å²) in [5.74, 6) is 1.30. The van der Waals surface area contributed by atoms with E-state index < -0.39 is 0 Å². The molecule has 0 aliphatic carbocycles. The van der Waals surface area contributed by atoms with Gasteiger partial charge >= 0.3 is 0 Å². The fraction of sp³-hybridized carbons (Fsp3) is 0.429. The van der Waals surface area contributed by atoms with Crippen LogP contribution in [0.5, 0.6) is 5.75 Å². The first kappa shape index (κ1) is 19.6. The highest BCUT2D eigenvalue weighted by Gasteiger charge is 2.27. The van der Waals surface area contributed by atoms with Crippen molar-refractivity contribution >= 4 is 16.9 Å². The highest BCUT2D eigenvalue weighted by Crippen LogP contribution is 2.37. The number of ether oxygens (including phenoxy) is 1. The van der Waals surface area contributed by atoms with Crippen LogP contribution in [0.1, 0.15) is 12.5 Å². The number of aliphatic hydroxyl groups is 1. The largest absolute Gasteiger partial charge is 0.497 e. The number of aliphatic hydroxyl groups excluding tert-OH is 1. The summed E-state index contributed by atoms with van der Waals surface area (Å²) in [7, 11) is 1.67. The molecule has 29 heavy (non-hydrogen) atoms.